The van der Waals surface area contributed by atoms with E-state index in [0.29, 0.717) is 17.7 Å². The molecule has 1 aliphatic carbocycles. The zero-order chi connectivity index (χ0) is 10.7. The van der Waals surface area contributed by atoms with Crippen LogP contribution in [0.4, 0.5) is 0 Å². The Kier molecular flexibility index (Phi) is 2.96. The molecule has 0 spiro atoms. The van der Waals surface area contributed by atoms with Gasteiger partial charge in [-0.15, -0.1) is 10.2 Å². The number of aromatic nitrogens is 2. The van der Waals surface area contributed by atoms with Gasteiger partial charge in [0.15, 0.2) is 0 Å². The monoisotopic (exact) mass is 212 g/mol. The third-order valence-electron chi connectivity index (χ3n) is 2.12. The molecule has 0 saturated heterocycles. The molecule has 1 N–H and O–H groups in total. The van der Waals surface area contributed by atoms with E-state index in [-0.39, 0.29) is 13.2 Å². The lowest BCUT2D eigenvalue weighted by Crippen LogP contribution is -2.06. The Balaban J connectivity index is 1.75. The van der Waals surface area contributed by atoms with Crippen LogP contribution in [-0.4, -0.2) is 27.9 Å². The average Bonchev–Trinajstić information content (AvgIpc) is 2.86. The Hall–Kier alpha value is -1.43. The van der Waals surface area contributed by atoms with Crippen molar-refractivity contribution in [3.8, 4) is 0 Å². The first-order valence-corrected chi connectivity index (χ1v) is 4.85. The minimum atomic E-state index is -1.01. The predicted octanol–water partition coefficient (Wildman–Crippen LogP) is 0.623. The van der Waals surface area contributed by atoms with E-state index in [1.54, 1.807) is 0 Å². The second-order valence-electron chi connectivity index (χ2n) is 3.62. The van der Waals surface area contributed by atoms with Gasteiger partial charge in [0.25, 0.3) is 0 Å². The number of carboxylic acids is 1. The van der Waals surface area contributed by atoms with Crippen molar-refractivity contribution in [2.75, 3.05) is 6.61 Å². The highest BCUT2D eigenvalue weighted by atomic mass is 16.5. The Morgan fingerprint density at radius 2 is 2.20 bits per heavy atom. The number of ether oxygens (including phenoxy) is 1. The molecule has 6 nitrogen and oxygen atoms in total. The van der Waals surface area contributed by atoms with E-state index >= 15 is 0 Å². The summed E-state index contributed by atoms with van der Waals surface area (Å²) in [6.07, 6.45) is 3.28. The van der Waals surface area contributed by atoms with E-state index in [1.165, 1.54) is 12.8 Å². The van der Waals surface area contributed by atoms with Gasteiger partial charge < -0.3 is 14.3 Å². The van der Waals surface area contributed by atoms with Gasteiger partial charge in [0, 0.05) is 6.42 Å². The smallest absolute Gasteiger partial charge is 0.329 e. The largest absolute Gasteiger partial charge is 0.480 e. The van der Waals surface area contributed by atoms with Gasteiger partial charge in [-0.25, -0.2) is 4.79 Å². The topological polar surface area (TPSA) is 85.5 Å². The maximum absolute atomic E-state index is 10.2. The van der Waals surface area contributed by atoms with Crippen LogP contribution in [0.3, 0.4) is 0 Å². The van der Waals surface area contributed by atoms with Crippen LogP contribution in [0.2, 0.25) is 0 Å². The molecular weight excluding hydrogens is 200 g/mol. The third-order valence-corrected chi connectivity index (χ3v) is 2.12. The molecule has 6 heteroatoms. The summed E-state index contributed by atoms with van der Waals surface area (Å²) in [6, 6.07) is 0. The maximum Gasteiger partial charge on any atom is 0.329 e. The molecule has 0 bridgehead atoms. The Morgan fingerprint density at radius 3 is 2.87 bits per heavy atom. The zero-order valence-corrected chi connectivity index (χ0v) is 8.18. The van der Waals surface area contributed by atoms with E-state index in [4.69, 9.17) is 14.3 Å². The summed E-state index contributed by atoms with van der Waals surface area (Å²) in [6.45, 7) is -0.287. The van der Waals surface area contributed by atoms with E-state index in [9.17, 15) is 4.79 Å². The SMILES string of the molecule is O=C(O)COCc1nnc(CC2CC2)o1. The lowest BCUT2D eigenvalue weighted by molar-refractivity contribution is -0.142. The standard InChI is InChI=1S/C9H12N2O4/c12-9(13)5-14-4-8-11-10-7(15-8)3-6-1-2-6/h6H,1-5H2,(H,12,13). The van der Waals surface area contributed by atoms with Crippen LogP contribution in [0.5, 0.6) is 0 Å². The summed E-state index contributed by atoms with van der Waals surface area (Å²) in [7, 11) is 0. The van der Waals surface area contributed by atoms with Crippen molar-refractivity contribution in [2.45, 2.75) is 25.9 Å². The lowest BCUT2D eigenvalue weighted by Gasteiger charge is -1.94. The van der Waals surface area contributed by atoms with E-state index < -0.39 is 5.97 Å². The van der Waals surface area contributed by atoms with Crippen molar-refractivity contribution in [3.63, 3.8) is 0 Å². The second kappa shape index (κ2) is 4.39. The van der Waals surface area contributed by atoms with Crippen LogP contribution in [0.15, 0.2) is 4.42 Å². The fourth-order valence-electron chi connectivity index (χ4n) is 1.22. The first kappa shape index (κ1) is 10.1. The third kappa shape index (κ3) is 3.32. The summed E-state index contributed by atoms with van der Waals surface area (Å²) in [4.78, 5) is 10.2. The molecule has 0 amide bonds. The minimum absolute atomic E-state index is 0.0595. The van der Waals surface area contributed by atoms with Gasteiger partial charge in [0.05, 0.1) is 0 Å². The predicted molar refractivity (Wildman–Crippen MR) is 48.0 cm³/mol. The Bertz CT molecular complexity index is 346. The summed E-state index contributed by atoms with van der Waals surface area (Å²) in [5.74, 6) is 0.643. The quantitative estimate of drug-likeness (QED) is 0.744. The Labute approximate surface area is 86.3 Å². The number of hydrogen-bond donors (Lipinski definition) is 1. The first-order valence-electron chi connectivity index (χ1n) is 4.85. The molecule has 1 heterocycles. The van der Waals surface area contributed by atoms with Crippen molar-refractivity contribution < 1.29 is 19.1 Å². The summed E-state index contributed by atoms with van der Waals surface area (Å²) in [5.41, 5.74) is 0. The van der Waals surface area contributed by atoms with Gasteiger partial charge >= 0.3 is 5.97 Å². The van der Waals surface area contributed by atoms with Gasteiger partial charge in [-0.3, -0.25) is 0 Å². The normalized spacial score (nSPS) is 15.5. The van der Waals surface area contributed by atoms with Crippen molar-refractivity contribution in [1.82, 2.24) is 10.2 Å². The Morgan fingerprint density at radius 1 is 1.47 bits per heavy atom. The zero-order valence-electron chi connectivity index (χ0n) is 8.18. The molecule has 82 valence electrons. The van der Waals surface area contributed by atoms with Crippen LogP contribution < -0.4 is 0 Å². The summed E-state index contributed by atoms with van der Waals surface area (Å²) in [5, 5.41) is 15.9. The van der Waals surface area contributed by atoms with Gasteiger partial charge in [-0.2, -0.15) is 0 Å². The minimum Gasteiger partial charge on any atom is -0.480 e. The van der Waals surface area contributed by atoms with E-state index in [1.807, 2.05) is 0 Å². The van der Waals surface area contributed by atoms with Crippen LogP contribution >= 0.6 is 0 Å². The number of rotatable bonds is 6. The van der Waals surface area contributed by atoms with E-state index in [0.717, 1.165) is 6.42 Å². The first-order chi connectivity index (χ1) is 7.24. The van der Waals surface area contributed by atoms with Crippen LogP contribution in [0.1, 0.15) is 24.6 Å². The highest BCUT2D eigenvalue weighted by Crippen LogP contribution is 2.32. The van der Waals surface area contributed by atoms with Crippen LogP contribution in [-0.2, 0) is 22.6 Å². The van der Waals surface area contributed by atoms with Crippen molar-refractivity contribution in [2.24, 2.45) is 5.92 Å². The number of aliphatic carboxylic acids is 1. The van der Waals surface area contributed by atoms with Gasteiger partial charge in [-0.05, 0) is 18.8 Å². The fourth-order valence-corrected chi connectivity index (χ4v) is 1.22. The van der Waals surface area contributed by atoms with Crippen molar-refractivity contribution >= 4 is 5.97 Å². The highest BCUT2D eigenvalue weighted by molar-refractivity contribution is 5.67. The molecule has 0 unspecified atom stereocenters. The molecule has 0 radical (unpaired) electrons. The maximum atomic E-state index is 10.2. The van der Waals surface area contributed by atoms with Crippen molar-refractivity contribution in [1.29, 1.82) is 0 Å². The average molecular weight is 212 g/mol. The van der Waals surface area contributed by atoms with Gasteiger partial charge in [0.2, 0.25) is 11.8 Å². The molecular formula is C9H12N2O4. The molecule has 2 rings (SSSR count). The van der Waals surface area contributed by atoms with Crippen LogP contribution in [0.25, 0.3) is 0 Å². The number of carboxylic acid groups (broad SMARTS) is 1. The van der Waals surface area contributed by atoms with Crippen molar-refractivity contribution in [3.05, 3.63) is 11.8 Å². The molecule has 1 aromatic heterocycles. The fraction of sp³-hybridized carbons (Fsp3) is 0.667. The molecule has 1 saturated carbocycles. The van der Waals surface area contributed by atoms with Crippen LogP contribution in [0, 0.1) is 5.92 Å². The molecule has 0 atom stereocenters. The molecule has 0 aliphatic heterocycles. The summed E-state index contributed by atoms with van der Waals surface area (Å²) >= 11 is 0. The number of hydrogen-bond acceptors (Lipinski definition) is 5. The molecule has 1 aliphatic rings. The number of nitrogens with zero attached hydrogens (tertiary/aromatic N) is 2. The number of carbonyl (C=O) groups is 1. The molecule has 1 aromatic rings. The lowest BCUT2D eigenvalue weighted by atomic mass is 10.3. The van der Waals surface area contributed by atoms with Gasteiger partial charge in [-0.1, -0.05) is 0 Å². The second-order valence-corrected chi connectivity index (χ2v) is 3.62. The molecule has 0 aromatic carbocycles. The van der Waals surface area contributed by atoms with E-state index in [2.05, 4.69) is 10.2 Å². The molecule has 1 fully saturated rings. The van der Waals surface area contributed by atoms with Gasteiger partial charge in [0.1, 0.15) is 13.2 Å². The summed E-state index contributed by atoms with van der Waals surface area (Å²) < 4.78 is 10.1. The highest BCUT2D eigenvalue weighted by Gasteiger charge is 2.24. The molecule has 15 heavy (non-hydrogen) atoms.